The van der Waals surface area contributed by atoms with Crippen LogP contribution in [0, 0.1) is 11.3 Å². The Morgan fingerprint density at radius 1 is 1.47 bits per heavy atom. The molecule has 17 heavy (non-hydrogen) atoms. The molecule has 0 radical (unpaired) electrons. The topological polar surface area (TPSA) is 57.8 Å². The maximum Gasteiger partial charge on any atom is 0.253 e. The minimum atomic E-state index is -0.100. The lowest BCUT2D eigenvalue weighted by Gasteiger charge is -2.00. The fraction of sp³-hybridized carbons (Fsp3) is 0.231. The van der Waals surface area contributed by atoms with Crippen LogP contribution >= 0.6 is 0 Å². The van der Waals surface area contributed by atoms with Crippen molar-refractivity contribution in [3.05, 3.63) is 36.0 Å². The lowest BCUT2D eigenvalue weighted by atomic mass is 10.2. The minimum absolute atomic E-state index is 0.100. The van der Waals surface area contributed by atoms with E-state index in [0.29, 0.717) is 18.5 Å². The van der Waals surface area contributed by atoms with Gasteiger partial charge in [0.15, 0.2) is 0 Å². The van der Waals surface area contributed by atoms with E-state index in [4.69, 9.17) is 5.26 Å². The number of aromatic nitrogens is 1. The number of rotatable bonds is 3. The number of nitrogens with one attached hydrogen (secondary N) is 1. The minimum Gasteiger partial charge on any atom is -0.355 e. The Morgan fingerprint density at radius 2 is 2.24 bits per heavy atom. The normalized spacial score (nSPS) is 10.1. The summed E-state index contributed by atoms with van der Waals surface area (Å²) in [6.45, 7) is 0.605. The second-order valence-corrected chi connectivity index (χ2v) is 3.74. The van der Waals surface area contributed by atoms with Crippen LogP contribution in [0.1, 0.15) is 16.8 Å². The second-order valence-electron chi connectivity index (χ2n) is 3.74. The summed E-state index contributed by atoms with van der Waals surface area (Å²) in [6, 6.07) is 9.82. The Hall–Kier alpha value is -2.28. The Labute approximate surface area is 99.5 Å². The molecule has 86 valence electrons. The highest BCUT2D eigenvalue weighted by Gasteiger charge is 2.12. The average Bonchev–Trinajstić information content (AvgIpc) is 2.74. The molecule has 0 spiro atoms. The smallest absolute Gasteiger partial charge is 0.253 e. The maximum atomic E-state index is 11.7. The number of fused-ring (bicyclic) bond motifs is 1. The molecule has 1 aromatic carbocycles. The third-order valence-electron chi connectivity index (χ3n) is 2.72. The van der Waals surface area contributed by atoms with Crippen molar-refractivity contribution in [3.63, 3.8) is 0 Å². The summed E-state index contributed by atoms with van der Waals surface area (Å²) in [6.07, 6.45) is 2.24. The summed E-state index contributed by atoms with van der Waals surface area (Å²) in [5, 5.41) is 12.2. The van der Waals surface area contributed by atoms with Crippen molar-refractivity contribution in [2.45, 2.75) is 13.0 Å². The highest BCUT2D eigenvalue weighted by atomic mass is 16.1. The van der Waals surface area contributed by atoms with Crippen LogP contribution in [0.4, 0.5) is 0 Å². The van der Waals surface area contributed by atoms with Crippen LogP contribution in [-0.4, -0.2) is 17.5 Å². The predicted octanol–water partition coefficient (Wildman–Crippen LogP) is 1.91. The van der Waals surface area contributed by atoms with E-state index in [0.717, 1.165) is 10.9 Å². The predicted molar refractivity (Wildman–Crippen MR) is 65.6 cm³/mol. The number of nitriles is 1. The molecule has 0 aliphatic heterocycles. The average molecular weight is 227 g/mol. The highest BCUT2D eigenvalue weighted by molar-refractivity contribution is 6.06. The zero-order valence-electron chi connectivity index (χ0n) is 9.60. The van der Waals surface area contributed by atoms with Crippen LogP contribution in [0.15, 0.2) is 30.5 Å². The van der Waals surface area contributed by atoms with Gasteiger partial charge in [0.1, 0.15) is 0 Å². The van der Waals surface area contributed by atoms with Gasteiger partial charge in [0.05, 0.1) is 18.1 Å². The molecule has 2 aromatic rings. The van der Waals surface area contributed by atoms with Gasteiger partial charge in [0, 0.05) is 30.7 Å². The van der Waals surface area contributed by atoms with E-state index < -0.39 is 0 Å². The first-order valence-electron chi connectivity index (χ1n) is 5.45. The van der Waals surface area contributed by atoms with Gasteiger partial charge in [-0.1, -0.05) is 18.2 Å². The summed E-state index contributed by atoms with van der Waals surface area (Å²) < 4.78 is 1.95. The molecule has 0 saturated heterocycles. The molecule has 0 aliphatic rings. The van der Waals surface area contributed by atoms with Crippen molar-refractivity contribution < 1.29 is 4.79 Å². The van der Waals surface area contributed by atoms with Crippen molar-refractivity contribution in [1.29, 1.82) is 5.26 Å². The standard InChI is InChI=1S/C13H13N3O/c1-15-13(17)11-9-16(8-4-7-14)12-6-3-2-5-10(11)12/h2-3,5-6,9H,4,8H2,1H3,(H,15,17). The van der Waals surface area contributed by atoms with Crippen LogP contribution < -0.4 is 5.32 Å². The molecule has 1 amide bonds. The molecular weight excluding hydrogens is 214 g/mol. The van der Waals surface area contributed by atoms with Gasteiger partial charge in [0.25, 0.3) is 5.91 Å². The first-order chi connectivity index (χ1) is 8.27. The number of carbonyl (C=O) groups is 1. The van der Waals surface area contributed by atoms with Crippen LogP contribution in [0.2, 0.25) is 0 Å². The fourth-order valence-electron chi connectivity index (χ4n) is 1.92. The number of hydrogen-bond donors (Lipinski definition) is 1. The molecule has 0 atom stereocenters. The van der Waals surface area contributed by atoms with Gasteiger partial charge >= 0.3 is 0 Å². The molecule has 1 heterocycles. The molecule has 0 aliphatic carbocycles. The van der Waals surface area contributed by atoms with E-state index in [1.807, 2.05) is 28.8 Å². The van der Waals surface area contributed by atoms with Gasteiger partial charge in [-0.15, -0.1) is 0 Å². The van der Waals surface area contributed by atoms with E-state index in [2.05, 4.69) is 11.4 Å². The fourth-order valence-corrected chi connectivity index (χ4v) is 1.92. The number of benzene rings is 1. The van der Waals surface area contributed by atoms with Gasteiger partial charge in [-0.05, 0) is 6.07 Å². The molecular formula is C13H13N3O. The van der Waals surface area contributed by atoms with Crippen molar-refractivity contribution in [2.75, 3.05) is 7.05 Å². The summed E-state index contributed by atoms with van der Waals surface area (Å²) in [7, 11) is 1.61. The van der Waals surface area contributed by atoms with Crippen molar-refractivity contribution in [1.82, 2.24) is 9.88 Å². The summed E-state index contributed by atoms with van der Waals surface area (Å²) in [5.74, 6) is -0.100. The summed E-state index contributed by atoms with van der Waals surface area (Å²) in [5.41, 5.74) is 1.64. The lowest BCUT2D eigenvalue weighted by molar-refractivity contribution is 0.0964. The molecule has 0 fully saturated rings. The molecule has 2 rings (SSSR count). The van der Waals surface area contributed by atoms with Gasteiger partial charge in [-0.25, -0.2) is 0 Å². The van der Waals surface area contributed by atoms with Crippen molar-refractivity contribution >= 4 is 16.8 Å². The maximum absolute atomic E-state index is 11.7. The van der Waals surface area contributed by atoms with Crippen LogP contribution in [0.3, 0.4) is 0 Å². The van der Waals surface area contributed by atoms with Crippen LogP contribution in [-0.2, 0) is 6.54 Å². The van der Waals surface area contributed by atoms with E-state index in [1.54, 1.807) is 13.2 Å². The summed E-state index contributed by atoms with van der Waals surface area (Å²) in [4.78, 5) is 11.7. The molecule has 1 N–H and O–H groups in total. The zero-order chi connectivity index (χ0) is 12.3. The Morgan fingerprint density at radius 3 is 2.94 bits per heavy atom. The number of hydrogen-bond acceptors (Lipinski definition) is 2. The number of amides is 1. The van der Waals surface area contributed by atoms with Crippen molar-refractivity contribution in [3.8, 4) is 6.07 Å². The van der Waals surface area contributed by atoms with Gasteiger partial charge in [-0.3, -0.25) is 4.79 Å². The van der Waals surface area contributed by atoms with Crippen LogP contribution in [0.5, 0.6) is 0 Å². The van der Waals surface area contributed by atoms with Gasteiger partial charge in [0.2, 0.25) is 0 Å². The summed E-state index contributed by atoms with van der Waals surface area (Å²) >= 11 is 0. The van der Waals surface area contributed by atoms with Gasteiger partial charge < -0.3 is 9.88 Å². The van der Waals surface area contributed by atoms with E-state index >= 15 is 0 Å². The highest BCUT2D eigenvalue weighted by Crippen LogP contribution is 2.21. The number of para-hydroxylation sites is 1. The largest absolute Gasteiger partial charge is 0.355 e. The number of nitrogens with zero attached hydrogens (tertiary/aromatic N) is 2. The first kappa shape index (κ1) is 11.2. The van der Waals surface area contributed by atoms with Crippen molar-refractivity contribution in [2.24, 2.45) is 0 Å². The Kier molecular flexibility index (Phi) is 3.10. The molecule has 0 saturated carbocycles. The monoisotopic (exact) mass is 227 g/mol. The first-order valence-corrected chi connectivity index (χ1v) is 5.45. The van der Waals surface area contributed by atoms with E-state index in [-0.39, 0.29) is 5.91 Å². The zero-order valence-corrected chi connectivity index (χ0v) is 9.60. The Bertz CT molecular complexity index is 592. The molecule has 4 nitrogen and oxygen atoms in total. The second kappa shape index (κ2) is 4.71. The number of carbonyl (C=O) groups excluding carboxylic acids is 1. The van der Waals surface area contributed by atoms with E-state index in [1.165, 1.54) is 0 Å². The lowest BCUT2D eigenvalue weighted by Crippen LogP contribution is -2.17. The third kappa shape index (κ3) is 2.00. The third-order valence-corrected chi connectivity index (χ3v) is 2.72. The molecule has 1 aromatic heterocycles. The SMILES string of the molecule is CNC(=O)c1cn(CCC#N)c2ccccc12. The molecule has 4 heteroatoms. The van der Waals surface area contributed by atoms with E-state index in [9.17, 15) is 4.79 Å². The number of aryl methyl sites for hydroxylation is 1. The van der Waals surface area contributed by atoms with Gasteiger partial charge in [-0.2, -0.15) is 5.26 Å². The molecule has 0 bridgehead atoms. The van der Waals surface area contributed by atoms with Crippen LogP contribution in [0.25, 0.3) is 10.9 Å². The Balaban J connectivity index is 2.55. The quantitative estimate of drug-likeness (QED) is 0.870. The molecule has 0 unspecified atom stereocenters.